The summed E-state index contributed by atoms with van der Waals surface area (Å²) in [6.45, 7) is 0.325. The van der Waals surface area contributed by atoms with Gasteiger partial charge in [-0.3, -0.25) is 9.52 Å². The normalized spacial score (nSPS) is 16.9. The summed E-state index contributed by atoms with van der Waals surface area (Å²) in [7, 11) is -3.75. The molecule has 1 aromatic carbocycles. The largest absolute Gasteiger partial charge is 0.477 e. The van der Waals surface area contributed by atoms with E-state index in [2.05, 4.69) is 19.9 Å². The minimum atomic E-state index is -4.35. The van der Waals surface area contributed by atoms with Crippen LogP contribution in [0.5, 0.6) is 5.88 Å². The Hall–Kier alpha value is -3.06. The lowest BCUT2D eigenvalue weighted by molar-refractivity contribution is -0.139. The topological polar surface area (TPSA) is 121 Å². The number of piperidine rings is 1. The van der Waals surface area contributed by atoms with Crippen LogP contribution < -0.4 is 19.7 Å². The van der Waals surface area contributed by atoms with Gasteiger partial charge in [0.15, 0.2) is 0 Å². The van der Waals surface area contributed by atoms with Gasteiger partial charge in [0, 0.05) is 31.0 Å². The van der Waals surface area contributed by atoms with E-state index in [1.54, 1.807) is 6.07 Å². The zero-order valence-electron chi connectivity index (χ0n) is 20.1. The second-order valence-electron chi connectivity index (χ2n) is 9.41. The van der Waals surface area contributed by atoms with E-state index in [4.69, 9.17) is 9.84 Å². The number of aliphatic hydroxyl groups is 1. The number of ether oxygens (including phenoxy) is 1. The van der Waals surface area contributed by atoms with E-state index in [1.807, 2.05) is 0 Å². The maximum absolute atomic E-state index is 13.3. The van der Waals surface area contributed by atoms with Gasteiger partial charge in [0.2, 0.25) is 15.9 Å². The molecule has 1 aliphatic heterocycles. The number of nitrogens with one attached hydrogen (secondary N) is 2. The summed E-state index contributed by atoms with van der Waals surface area (Å²) in [6.07, 6.45) is 0.205. The molecule has 2 aliphatic rings. The quantitative estimate of drug-likeness (QED) is 0.418. The molecule has 9 nitrogen and oxygen atoms in total. The van der Waals surface area contributed by atoms with Crippen LogP contribution in [-0.2, 0) is 10.0 Å². The number of halogens is 3. The Labute approximate surface area is 213 Å². The number of carbonyl (C=O) groups excluding carboxylic acids is 1. The summed E-state index contributed by atoms with van der Waals surface area (Å²) in [5, 5.41) is 11.7. The van der Waals surface area contributed by atoms with E-state index in [-0.39, 0.29) is 17.3 Å². The maximum atomic E-state index is 13.3. The van der Waals surface area contributed by atoms with Gasteiger partial charge in [0.05, 0.1) is 42.3 Å². The SMILES string of the molecule is O=C(Nc1ccnc(OCCC(F)(F)F)c1)c1ccc(NS(=O)(=O)CCO)cc1N1CCC2(CC1)CC2. The molecule has 1 saturated heterocycles. The van der Waals surface area contributed by atoms with Crippen molar-refractivity contribution in [1.29, 1.82) is 0 Å². The Kier molecular flexibility index (Phi) is 7.83. The number of carbonyl (C=O) groups is 1. The summed E-state index contributed by atoms with van der Waals surface area (Å²) in [4.78, 5) is 19.2. The first-order valence-electron chi connectivity index (χ1n) is 11.9. The van der Waals surface area contributed by atoms with Crippen LogP contribution in [0.25, 0.3) is 0 Å². The first-order valence-corrected chi connectivity index (χ1v) is 13.6. The molecular weight excluding hydrogens is 513 g/mol. The monoisotopic (exact) mass is 542 g/mol. The number of pyridine rings is 1. The number of aromatic nitrogens is 1. The van der Waals surface area contributed by atoms with Gasteiger partial charge in [-0.1, -0.05) is 0 Å². The van der Waals surface area contributed by atoms with Crippen LogP contribution in [0, 0.1) is 5.41 Å². The fourth-order valence-electron chi connectivity index (χ4n) is 4.33. The number of anilines is 3. The fourth-order valence-corrected chi connectivity index (χ4v) is 5.16. The molecule has 1 amide bonds. The van der Waals surface area contributed by atoms with Crippen LogP contribution in [0.2, 0.25) is 0 Å². The molecule has 0 unspecified atom stereocenters. The van der Waals surface area contributed by atoms with Crippen LogP contribution in [0.1, 0.15) is 42.5 Å². The van der Waals surface area contributed by atoms with Gasteiger partial charge in [0.1, 0.15) is 0 Å². The standard InChI is InChI=1S/C24H29F3N4O5S/c25-24(26,27)8-13-36-21-16-17(3-9-28-21)29-22(33)19-2-1-18(30-37(34,35)14-12-32)15-20(19)31-10-6-23(4-5-23)7-11-31/h1-3,9,15-16,30,32H,4-8,10-14H2,(H,28,29,33). The van der Waals surface area contributed by atoms with Crippen molar-refractivity contribution in [2.45, 2.75) is 38.3 Å². The zero-order chi connectivity index (χ0) is 26.7. The summed E-state index contributed by atoms with van der Waals surface area (Å²) >= 11 is 0. The Morgan fingerprint density at radius 3 is 2.49 bits per heavy atom. The highest BCUT2D eigenvalue weighted by Crippen LogP contribution is 2.54. The number of benzene rings is 1. The van der Waals surface area contributed by atoms with Crippen molar-refractivity contribution in [2.24, 2.45) is 5.41 Å². The van der Waals surface area contributed by atoms with Crippen molar-refractivity contribution < 1.29 is 36.2 Å². The molecule has 1 aliphatic carbocycles. The Balaban J connectivity index is 1.52. The Bertz CT molecular complexity index is 1230. The van der Waals surface area contributed by atoms with Crippen molar-refractivity contribution in [3.05, 3.63) is 42.1 Å². The number of aliphatic hydroxyl groups excluding tert-OH is 1. The Morgan fingerprint density at radius 2 is 1.84 bits per heavy atom. The van der Waals surface area contributed by atoms with E-state index < -0.39 is 47.5 Å². The van der Waals surface area contributed by atoms with Crippen LogP contribution >= 0.6 is 0 Å². The molecule has 2 heterocycles. The summed E-state index contributed by atoms with van der Waals surface area (Å²) < 4.78 is 69.0. The molecule has 1 saturated carbocycles. The number of nitrogens with zero attached hydrogens (tertiary/aromatic N) is 2. The molecule has 3 N–H and O–H groups in total. The molecule has 4 rings (SSSR count). The summed E-state index contributed by atoms with van der Waals surface area (Å²) in [5.41, 5.74) is 1.83. The third-order valence-corrected chi connectivity index (χ3v) is 7.89. The van der Waals surface area contributed by atoms with Crippen molar-refractivity contribution in [1.82, 2.24) is 4.98 Å². The fraction of sp³-hybridized carbons (Fsp3) is 0.500. The molecule has 0 bridgehead atoms. The molecule has 2 fully saturated rings. The third-order valence-electron chi connectivity index (χ3n) is 6.63. The lowest BCUT2D eigenvalue weighted by Gasteiger charge is -2.35. The minimum absolute atomic E-state index is 0.0540. The summed E-state index contributed by atoms with van der Waals surface area (Å²) in [5.74, 6) is -0.979. The zero-order valence-corrected chi connectivity index (χ0v) is 20.9. The van der Waals surface area contributed by atoms with Gasteiger partial charge in [-0.05, 0) is 55.4 Å². The number of hydrogen-bond donors (Lipinski definition) is 3. The van der Waals surface area contributed by atoms with Gasteiger partial charge < -0.3 is 20.1 Å². The molecule has 2 aromatic rings. The predicted octanol–water partition coefficient (Wildman–Crippen LogP) is 3.78. The van der Waals surface area contributed by atoms with E-state index in [0.717, 1.165) is 25.9 Å². The lowest BCUT2D eigenvalue weighted by Crippen LogP contribution is -2.35. The van der Waals surface area contributed by atoms with Gasteiger partial charge >= 0.3 is 6.18 Å². The molecule has 1 aromatic heterocycles. The number of amides is 1. The number of sulfonamides is 1. The lowest BCUT2D eigenvalue weighted by atomic mass is 9.93. The average Bonchev–Trinajstić information content (AvgIpc) is 3.57. The van der Waals surface area contributed by atoms with Crippen LogP contribution in [-0.4, -0.2) is 62.6 Å². The van der Waals surface area contributed by atoms with Crippen LogP contribution in [0.4, 0.5) is 30.2 Å². The van der Waals surface area contributed by atoms with E-state index in [0.29, 0.717) is 16.7 Å². The maximum Gasteiger partial charge on any atom is 0.392 e. The number of rotatable bonds is 10. The van der Waals surface area contributed by atoms with Crippen LogP contribution in [0.3, 0.4) is 0 Å². The van der Waals surface area contributed by atoms with E-state index in [9.17, 15) is 26.4 Å². The second kappa shape index (κ2) is 10.7. The van der Waals surface area contributed by atoms with Crippen molar-refractivity contribution in [2.75, 3.05) is 47.0 Å². The molecule has 0 atom stereocenters. The second-order valence-corrected chi connectivity index (χ2v) is 11.3. The highest BCUT2D eigenvalue weighted by molar-refractivity contribution is 7.92. The first kappa shape index (κ1) is 27.0. The van der Waals surface area contributed by atoms with Crippen LogP contribution in [0.15, 0.2) is 36.5 Å². The molecule has 0 radical (unpaired) electrons. The summed E-state index contributed by atoms with van der Waals surface area (Å²) in [6, 6.07) is 7.42. The predicted molar refractivity (Wildman–Crippen MR) is 132 cm³/mol. The highest BCUT2D eigenvalue weighted by atomic mass is 32.2. The minimum Gasteiger partial charge on any atom is -0.477 e. The highest BCUT2D eigenvalue weighted by Gasteiger charge is 2.44. The van der Waals surface area contributed by atoms with Gasteiger partial charge in [-0.15, -0.1) is 0 Å². The number of hydrogen-bond acceptors (Lipinski definition) is 7. The molecular formula is C24H29F3N4O5S. The molecule has 13 heteroatoms. The van der Waals surface area contributed by atoms with E-state index in [1.165, 1.54) is 43.3 Å². The molecule has 202 valence electrons. The molecule has 1 spiro atoms. The van der Waals surface area contributed by atoms with Crippen molar-refractivity contribution in [3.8, 4) is 5.88 Å². The van der Waals surface area contributed by atoms with Gasteiger partial charge in [-0.25, -0.2) is 13.4 Å². The smallest absolute Gasteiger partial charge is 0.392 e. The van der Waals surface area contributed by atoms with E-state index >= 15 is 0 Å². The molecule has 37 heavy (non-hydrogen) atoms. The first-order chi connectivity index (χ1) is 17.5. The third kappa shape index (κ3) is 7.48. The van der Waals surface area contributed by atoms with Gasteiger partial charge in [-0.2, -0.15) is 13.2 Å². The average molecular weight is 543 g/mol. The van der Waals surface area contributed by atoms with Crippen molar-refractivity contribution in [3.63, 3.8) is 0 Å². The van der Waals surface area contributed by atoms with Gasteiger partial charge in [0.25, 0.3) is 5.91 Å². The Morgan fingerprint density at radius 1 is 1.11 bits per heavy atom. The number of alkyl halides is 3. The van der Waals surface area contributed by atoms with Crippen molar-refractivity contribution >= 4 is 33.0 Å².